The molecule has 0 bridgehead atoms. The predicted octanol–water partition coefficient (Wildman–Crippen LogP) is 4.26. The molecule has 0 aliphatic heterocycles. The van der Waals surface area contributed by atoms with Gasteiger partial charge in [-0.2, -0.15) is 0 Å². The molecule has 2 rings (SSSR count). The van der Waals surface area contributed by atoms with Crippen molar-refractivity contribution in [1.82, 2.24) is 0 Å². The Morgan fingerprint density at radius 1 is 1.38 bits per heavy atom. The maximum Gasteiger partial charge on any atom is 0.126 e. The van der Waals surface area contributed by atoms with Gasteiger partial charge in [-0.3, -0.25) is 0 Å². The number of hydrogen-bond donors (Lipinski definition) is 0. The van der Waals surface area contributed by atoms with Crippen LogP contribution >= 0.6 is 11.6 Å². The molecule has 1 aliphatic carbocycles. The molecule has 0 spiro atoms. The monoisotopic (exact) mass is 236 g/mol. The number of ether oxygens (including phenoxy) is 1. The zero-order valence-corrected chi connectivity index (χ0v) is 10.3. The van der Waals surface area contributed by atoms with Gasteiger partial charge in [0.25, 0.3) is 0 Å². The quantitative estimate of drug-likeness (QED) is 0.713. The van der Waals surface area contributed by atoms with Crippen molar-refractivity contribution < 1.29 is 4.74 Å². The summed E-state index contributed by atoms with van der Waals surface area (Å²) in [6, 6.07) is 8.20. The molecule has 2 heteroatoms. The molecule has 16 heavy (non-hydrogen) atoms. The number of allylic oxidation sites excluding steroid dienone is 2. The van der Waals surface area contributed by atoms with Crippen molar-refractivity contribution in [2.24, 2.45) is 0 Å². The molecule has 0 saturated carbocycles. The van der Waals surface area contributed by atoms with Crippen LogP contribution in [0.5, 0.6) is 5.75 Å². The Hall–Kier alpha value is -0.950. The van der Waals surface area contributed by atoms with E-state index in [-0.39, 0.29) is 5.38 Å². The van der Waals surface area contributed by atoms with Crippen LogP contribution in [-0.4, -0.2) is 12.0 Å². The lowest BCUT2D eigenvalue weighted by atomic mass is 9.93. The minimum Gasteiger partial charge on any atom is -0.493 e. The Morgan fingerprint density at radius 2 is 2.19 bits per heavy atom. The van der Waals surface area contributed by atoms with Crippen molar-refractivity contribution in [3.05, 3.63) is 35.9 Å². The minimum atomic E-state index is 0.179. The summed E-state index contributed by atoms with van der Waals surface area (Å²) in [5.41, 5.74) is 2.53. The van der Waals surface area contributed by atoms with Crippen LogP contribution < -0.4 is 4.74 Å². The second-order valence-electron chi connectivity index (χ2n) is 4.03. The van der Waals surface area contributed by atoms with E-state index in [4.69, 9.17) is 16.3 Å². The maximum atomic E-state index is 6.17. The molecule has 0 N–H and O–H groups in total. The summed E-state index contributed by atoms with van der Waals surface area (Å²) in [6.07, 6.45) is 5.53. The van der Waals surface area contributed by atoms with Crippen LogP contribution in [-0.2, 0) is 0 Å². The first kappa shape index (κ1) is 11.5. The Labute approximate surface area is 102 Å². The number of rotatable bonds is 3. The van der Waals surface area contributed by atoms with Crippen molar-refractivity contribution in [3.63, 3.8) is 0 Å². The zero-order chi connectivity index (χ0) is 11.4. The van der Waals surface area contributed by atoms with Crippen molar-refractivity contribution in [2.45, 2.75) is 31.6 Å². The molecule has 1 nitrogen and oxygen atoms in total. The third kappa shape index (κ3) is 2.59. The van der Waals surface area contributed by atoms with Crippen molar-refractivity contribution in [2.75, 3.05) is 6.61 Å². The molecule has 0 heterocycles. The summed E-state index contributed by atoms with van der Waals surface area (Å²) < 4.78 is 5.64. The number of benzene rings is 1. The first-order chi connectivity index (χ1) is 7.81. The van der Waals surface area contributed by atoms with Crippen molar-refractivity contribution in [3.8, 4) is 5.75 Å². The standard InChI is InChI=1S/C14H17ClO/c1-2-16-14-9-4-3-8-13(14)11-6-5-7-12(15)10-11/h3-4,8-10,12H,2,5-7H2,1H3. The normalized spacial score (nSPS) is 20.4. The Bertz CT molecular complexity index is 384. The van der Waals surface area contributed by atoms with Gasteiger partial charge < -0.3 is 4.74 Å². The molecular weight excluding hydrogens is 220 g/mol. The number of halogens is 1. The van der Waals surface area contributed by atoms with Gasteiger partial charge in [0.05, 0.1) is 12.0 Å². The van der Waals surface area contributed by atoms with Crippen LogP contribution in [0, 0.1) is 0 Å². The largest absolute Gasteiger partial charge is 0.493 e. The van der Waals surface area contributed by atoms with E-state index in [9.17, 15) is 0 Å². The summed E-state index contributed by atoms with van der Waals surface area (Å²) in [4.78, 5) is 0. The van der Waals surface area contributed by atoms with E-state index in [1.165, 1.54) is 17.6 Å². The van der Waals surface area contributed by atoms with E-state index in [2.05, 4.69) is 18.2 Å². The lowest BCUT2D eigenvalue weighted by Gasteiger charge is -2.19. The highest BCUT2D eigenvalue weighted by atomic mass is 35.5. The first-order valence-corrected chi connectivity index (χ1v) is 6.32. The molecule has 1 unspecified atom stereocenters. The van der Waals surface area contributed by atoms with Crippen LogP contribution in [0.25, 0.3) is 5.57 Å². The third-order valence-corrected chi connectivity index (χ3v) is 3.19. The Morgan fingerprint density at radius 3 is 2.94 bits per heavy atom. The molecule has 1 aliphatic rings. The molecule has 0 amide bonds. The van der Waals surface area contributed by atoms with Gasteiger partial charge in [-0.1, -0.05) is 24.3 Å². The highest BCUT2D eigenvalue weighted by Gasteiger charge is 2.15. The SMILES string of the molecule is CCOc1ccccc1C1=CC(Cl)CCC1. The third-order valence-electron chi connectivity index (χ3n) is 2.84. The summed E-state index contributed by atoms with van der Waals surface area (Å²) in [7, 11) is 0. The van der Waals surface area contributed by atoms with Gasteiger partial charge in [0.15, 0.2) is 0 Å². The molecule has 86 valence electrons. The van der Waals surface area contributed by atoms with Crippen LogP contribution in [0.3, 0.4) is 0 Å². The highest BCUT2D eigenvalue weighted by Crippen LogP contribution is 2.34. The first-order valence-electron chi connectivity index (χ1n) is 5.88. The van der Waals surface area contributed by atoms with Gasteiger partial charge in [0.1, 0.15) is 5.75 Å². The van der Waals surface area contributed by atoms with E-state index in [0.29, 0.717) is 6.61 Å². The smallest absolute Gasteiger partial charge is 0.126 e. The van der Waals surface area contributed by atoms with Crippen LogP contribution in [0.15, 0.2) is 30.3 Å². The highest BCUT2D eigenvalue weighted by molar-refractivity contribution is 6.22. The van der Waals surface area contributed by atoms with E-state index in [0.717, 1.165) is 18.6 Å². The number of para-hydroxylation sites is 1. The zero-order valence-electron chi connectivity index (χ0n) is 9.58. The molecular formula is C14H17ClO. The van der Waals surface area contributed by atoms with E-state index in [1.54, 1.807) is 0 Å². The second-order valence-corrected chi connectivity index (χ2v) is 4.59. The van der Waals surface area contributed by atoms with Crippen LogP contribution in [0.2, 0.25) is 0 Å². The van der Waals surface area contributed by atoms with Crippen molar-refractivity contribution >= 4 is 17.2 Å². The van der Waals surface area contributed by atoms with Crippen LogP contribution in [0.4, 0.5) is 0 Å². The molecule has 1 atom stereocenters. The predicted molar refractivity (Wildman–Crippen MR) is 69.1 cm³/mol. The topological polar surface area (TPSA) is 9.23 Å². The van der Waals surface area contributed by atoms with Gasteiger partial charge in [-0.25, -0.2) is 0 Å². The lowest BCUT2D eigenvalue weighted by Crippen LogP contribution is -2.04. The maximum absolute atomic E-state index is 6.17. The van der Waals surface area contributed by atoms with Crippen LogP contribution in [0.1, 0.15) is 31.7 Å². The number of alkyl halides is 1. The molecule has 1 aromatic rings. The fourth-order valence-corrected chi connectivity index (χ4v) is 2.42. The van der Waals surface area contributed by atoms with Gasteiger partial charge in [0, 0.05) is 5.56 Å². The molecule has 0 saturated heterocycles. The van der Waals surface area contributed by atoms with Gasteiger partial charge in [-0.15, -0.1) is 11.6 Å². The van der Waals surface area contributed by atoms with E-state index >= 15 is 0 Å². The average Bonchev–Trinajstić information content (AvgIpc) is 2.30. The summed E-state index contributed by atoms with van der Waals surface area (Å²) in [5, 5.41) is 0.179. The van der Waals surface area contributed by atoms with Crippen molar-refractivity contribution in [1.29, 1.82) is 0 Å². The average molecular weight is 237 g/mol. The molecule has 0 radical (unpaired) electrons. The minimum absolute atomic E-state index is 0.179. The molecule has 1 aromatic carbocycles. The Kier molecular flexibility index (Phi) is 3.89. The second kappa shape index (κ2) is 5.40. The Balaban J connectivity index is 2.31. The summed E-state index contributed by atoms with van der Waals surface area (Å²) >= 11 is 6.17. The van der Waals surface area contributed by atoms with Gasteiger partial charge in [-0.05, 0) is 37.8 Å². The molecule has 0 aromatic heterocycles. The molecule has 0 fully saturated rings. The lowest BCUT2D eigenvalue weighted by molar-refractivity contribution is 0.339. The van der Waals surface area contributed by atoms with Gasteiger partial charge in [0.2, 0.25) is 0 Å². The van der Waals surface area contributed by atoms with E-state index in [1.807, 2.05) is 19.1 Å². The number of hydrogen-bond acceptors (Lipinski definition) is 1. The van der Waals surface area contributed by atoms with E-state index < -0.39 is 0 Å². The summed E-state index contributed by atoms with van der Waals surface area (Å²) in [5.74, 6) is 0.974. The summed E-state index contributed by atoms with van der Waals surface area (Å²) in [6.45, 7) is 2.71. The van der Waals surface area contributed by atoms with Gasteiger partial charge >= 0.3 is 0 Å². The fraction of sp³-hybridized carbons (Fsp3) is 0.429. The fourth-order valence-electron chi connectivity index (χ4n) is 2.11.